The Hall–Kier alpha value is -2.45. The maximum Gasteiger partial charge on any atom is 0.298 e. The van der Waals surface area contributed by atoms with Crippen molar-refractivity contribution >= 4 is 32.6 Å². The van der Waals surface area contributed by atoms with Crippen LogP contribution in [0.3, 0.4) is 0 Å². The van der Waals surface area contributed by atoms with Gasteiger partial charge in [-0.2, -0.15) is 0 Å². The van der Waals surface area contributed by atoms with Crippen LogP contribution in [0.5, 0.6) is 5.75 Å². The molecule has 2 heterocycles. The molecule has 3 rings (SSSR count). The number of hydrogen-bond acceptors (Lipinski definition) is 7. The van der Waals surface area contributed by atoms with Gasteiger partial charge in [-0.25, -0.2) is 4.98 Å². The predicted octanol–water partition coefficient (Wildman–Crippen LogP) is 2.81. The second kappa shape index (κ2) is 7.20. The molecule has 0 atom stereocenters. The molecule has 0 spiro atoms. The number of thiazole rings is 1. The molecule has 0 N–H and O–H groups in total. The molecule has 0 bridgehead atoms. The number of aromatic nitrogens is 2. The van der Waals surface area contributed by atoms with E-state index in [0.717, 1.165) is 10.2 Å². The van der Waals surface area contributed by atoms with E-state index < -0.39 is 0 Å². The van der Waals surface area contributed by atoms with Gasteiger partial charge in [-0.3, -0.25) is 9.69 Å². The number of aryl methyl sites for hydroxylation is 1. The molecule has 3 aromatic rings. The van der Waals surface area contributed by atoms with Gasteiger partial charge in [0, 0.05) is 19.2 Å². The summed E-state index contributed by atoms with van der Waals surface area (Å²) in [6.45, 7) is 2.98. The number of amides is 1. The molecule has 0 unspecified atom stereocenters. The van der Waals surface area contributed by atoms with E-state index in [1.807, 2.05) is 37.2 Å². The van der Waals surface area contributed by atoms with Crippen molar-refractivity contribution in [1.29, 1.82) is 0 Å². The van der Waals surface area contributed by atoms with Crippen LogP contribution >= 0.6 is 11.3 Å². The number of para-hydroxylation sites is 1. The number of likely N-dealkylation sites (N-methyl/N-ethyl adjacent to an activating group) is 1. The van der Waals surface area contributed by atoms with E-state index in [4.69, 9.17) is 9.26 Å². The van der Waals surface area contributed by atoms with E-state index >= 15 is 0 Å². The standard InChI is InChI=1S/C17H20N4O3S/c1-11-10-13(24-19-11)16(22)21(9-8-20(2)3)17-18-15-12(23-4)6-5-7-14(15)25-17/h5-7,10H,8-9H2,1-4H3. The summed E-state index contributed by atoms with van der Waals surface area (Å²) >= 11 is 1.45. The average Bonchev–Trinajstić information content (AvgIpc) is 3.20. The van der Waals surface area contributed by atoms with Crippen LogP contribution in [0.15, 0.2) is 28.8 Å². The van der Waals surface area contributed by atoms with Gasteiger partial charge in [0.25, 0.3) is 5.91 Å². The molecule has 0 aliphatic heterocycles. The van der Waals surface area contributed by atoms with Crippen LogP contribution in [0.1, 0.15) is 16.2 Å². The molecule has 1 amide bonds. The second-order valence-corrected chi connectivity index (χ2v) is 6.91. The van der Waals surface area contributed by atoms with Crippen LogP contribution in [0.4, 0.5) is 5.13 Å². The van der Waals surface area contributed by atoms with Crippen molar-refractivity contribution in [3.05, 3.63) is 35.7 Å². The molecule has 0 radical (unpaired) electrons. The summed E-state index contributed by atoms with van der Waals surface area (Å²) in [4.78, 5) is 21.2. The molecule has 8 heteroatoms. The van der Waals surface area contributed by atoms with Crippen LogP contribution in [0.25, 0.3) is 10.2 Å². The Labute approximate surface area is 149 Å². The number of hydrogen-bond donors (Lipinski definition) is 0. The minimum absolute atomic E-state index is 0.211. The van der Waals surface area contributed by atoms with Gasteiger partial charge in [-0.1, -0.05) is 22.6 Å². The summed E-state index contributed by atoms with van der Waals surface area (Å²) in [7, 11) is 5.53. The van der Waals surface area contributed by atoms with Crippen LogP contribution in [-0.2, 0) is 0 Å². The topological polar surface area (TPSA) is 71.7 Å². The Balaban J connectivity index is 2.00. The van der Waals surface area contributed by atoms with Gasteiger partial charge in [0.05, 0.1) is 17.5 Å². The normalized spacial score (nSPS) is 11.2. The summed E-state index contributed by atoms with van der Waals surface area (Å²) < 4.78 is 11.5. The van der Waals surface area contributed by atoms with E-state index in [-0.39, 0.29) is 11.7 Å². The second-order valence-electron chi connectivity index (χ2n) is 5.90. The first-order chi connectivity index (χ1) is 12.0. The number of benzene rings is 1. The number of nitrogens with zero attached hydrogens (tertiary/aromatic N) is 4. The van der Waals surface area contributed by atoms with Crippen molar-refractivity contribution < 1.29 is 14.1 Å². The lowest BCUT2D eigenvalue weighted by molar-refractivity contribution is 0.0949. The number of carbonyl (C=O) groups is 1. The Morgan fingerprint density at radius 2 is 2.12 bits per heavy atom. The van der Waals surface area contributed by atoms with Gasteiger partial charge in [-0.05, 0) is 33.2 Å². The number of ether oxygens (including phenoxy) is 1. The van der Waals surface area contributed by atoms with Crippen LogP contribution in [0.2, 0.25) is 0 Å². The average molecular weight is 360 g/mol. The minimum Gasteiger partial charge on any atom is -0.494 e. The van der Waals surface area contributed by atoms with Gasteiger partial charge < -0.3 is 14.2 Å². The van der Waals surface area contributed by atoms with Crippen LogP contribution in [0, 0.1) is 6.92 Å². The van der Waals surface area contributed by atoms with Gasteiger partial charge in [0.15, 0.2) is 5.13 Å². The fraction of sp³-hybridized carbons (Fsp3) is 0.353. The molecule has 0 fully saturated rings. The Morgan fingerprint density at radius 1 is 1.32 bits per heavy atom. The fourth-order valence-corrected chi connectivity index (χ4v) is 3.38. The third kappa shape index (κ3) is 3.64. The Kier molecular flexibility index (Phi) is 5.00. The third-order valence-electron chi connectivity index (χ3n) is 3.68. The molecule has 25 heavy (non-hydrogen) atoms. The van der Waals surface area contributed by atoms with Crippen molar-refractivity contribution in [2.24, 2.45) is 0 Å². The number of anilines is 1. The minimum atomic E-state index is -0.250. The van der Waals surface area contributed by atoms with Gasteiger partial charge in [-0.15, -0.1) is 0 Å². The number of methoxy groups -OCH3 is 1. The zero-order valence-electron chi connectivity index (χ0n) is 14.6. The monoisotopic (exact) mass is 360 g/mol. The summed E-state index contributed by atoms with van der Waals surface area (Å²) in [5.74, 6) is 0.651. The Bertz CT molecular complexity index is 887. The molecule has 0 saturated carbocycles. The third-order valence-corrected chi connectivity index (χ3v) is 4.72. The molecule has 132 valence electrons. The lowest BCUT2D eigenvalue weighted by Crippen LogP contribution is -2.36. The SMILES string of the molecule is COc1cccc2sc(N(CCN(C)C)C(=O)c3cc(C)no3)nc12. The lowest BCUT2D eigenvalue weighted by Gasteiger charge is -2.20. The molecule has 0 aliphatic carbocycles. The fourth-order valence-electron chi connectivity index (χ4n) is 2.37. The summed E-state index contributed by atoms with van der Waals surface area (Å²) in [5, 5.41) is 4.42. The van der Waals surface area contributed by atoms with Crippen LogP contribution in [-0.4, -0.2) is 55.2 Å². The van der Waals surface area contributed by atoms with Crippen molar-refractivity contribution in [3.8, 4) is 5.75 Å². The van der Waals surface area contributed by atoms with Crippen molar-refractivity contribution in [3.63, 3.8) is 0 Å². The smallest absolute Gasteiger partial charge is 0.298 e. The van der Waals surface area contributed by atoms with Crippen molar-refractivity contribution in [2.75, 3.05) is 39.2 Å². The van der Waals surface area contributed by atoms with Gasteiger partial charge in [0.1, 0.15) is 11.3 Å². The van der Waals surface area contributed by atoms with Gasteiger partial charge in [0.2, 0.25) is 5.76 Å². The zero-order chi connectivity index (χ0) is 18.0. The highest BCUT2D eigenvalue weighted by Gasteiger charge is 2.25. The van der Waals surface area contributed by atoms with Crippen molar-refractivity contribution in [1.82, 2.24) is 15.0 Å². The number of carbonyl (C=O) groups excluding carboxylic acids is 1. The summed E-state index contributed by atoms with van der Waals surface area (Å²) in [6, 6.07) is 7.37. The highest BCUT2D eigenvalue weighted by atomic mass is 32.1. The maximum absolute atomic E-state index is 12.9. The summed E-state index contributed by atoms with van der Waals surface area (Å²) in [6.07, 6.45) is 0. The molecular weight excluding hydrogens is 340 g/mol. The maximum atomic E-state index is 12.9. The van der Waals surface area contributed by atoms with Gasteiger partial charge >= 0.3 is 0 Å². The van der Waals surface area contributed by atoms with E-state index in [1.54, 1.807) is 25.0 Å². The van der Waals surface area contributed by atoms with E-state index in [9.17, 15) is 4.79 Å². The number of rotatable bonds is 6. The molecule has 0 aliphatic rings. The highest BCUT2D eigenvalue weighted by molar-refractivity contribution is 7.22. The van der Waals surface area contributed by atoms with Crippen LogP contribution < -0.4 is 9.64 Å². The molecule has 2 aromatic heterocycles. The highest BCUT2D eigenvalue weighted by Crippen LogP contribution is 2.34. The molecule has 0 saturated heterocycles. The first-order valence-corrected chi connectivity index (χ1v) is 8.64. The van der Waals surface area contributed by atoms with Crippen molar-refractivity contribution in [2.45, 2.75) is 6.92 Å². The largest absolute Gasteiger partial charge is 0.494 e. The summed E-state index contributed by atoms with van der Waals surface area (Å²) in [5.41, 5.74) is 1.42. The number of fused-ring (bicyclic) bond motifs is 1. The first-order valence-electron chi connectivity index (χ1n) is 7.83. The van der Waals surface area contributed by atoms with E-state index in [0.29, 0.717) is 29.7 Å². The molecule has 1 aromatic carbocycles. The quantitative estimate of drug-likeness (QED) is 0.673. The molecular formula is C17H20N4O3S. The lowest BCUT2D eigenvalue weighted by atomic mass is 10.3. The predicted molar refractivity (Wildman–Crippen MR) is 97.6 cm³/mol. The Morgan fingerprint density at radius 3 is 2.76 bits per heavy atom. The zero-order valence-corrected chi connectivity index (χ0v) is 15.5. The van der Waals surface area contributed by atoms with E-state index in [2.05, 4.69) is 10.1 Å². The molecule has 7 nitrogen and oxygen atoms in total. The van der Waals surface area contributed by atoms with E-state index in [1.165, 1.54) is 11.3 Å². The first kappa shape index (κ1) is 17.4.